The molecule has 0 saturated carbocycles. The van der Waals surface area contributed by atoms with E-state index in [1.165, 1.54) is 19.2 Å². The van der Waals surface area contributed by atoms with E-state index < -0.39 is 5.91 Å². The minimum absolute atomic E-state index is 0.0135. The third-order valence-electron chi connectivity index (χ3n) is 2.08. The molecule has 1 rings (SSSR count). The van der Waals surface area contributed by atoms with Crippen molar-refractivity contribution >= 4 is 34.8 Å². The smallest absolute Gasteiger partial charge is 0.250 e. The largest absolute Gasteiger partial charge is 0.399 e. The first-order chi connectivity index (χ1) is 7.95. The number of hydrogen-bond donors (Lipinski definition) is 4. The molecule has 0 heterocycles. The highest BCUT2D eigenvalue weighted by Gasteiger charge is 2.13. The number of hydrogen-bond acceptors (Lipinski definition) is 4. The van der Waals surface area contributed by atoms with Crippen LogP contribution in [0.4, 0.5) is 11.4 Å². The second-order valence-electron chi connectivity index (χ2n) is 3.32. The molecule has 0 fully saturated rings. The van der Waals surface area contributed by atoms with E-state index >= 15 is 0 Å². The highest BCUT2D eigenvalue weighted by molar-refractivity contribution is 6.34. The number of rotatable bonds is 4. The molecular weight excluding hydrogens is 244 g/mol. The van der Waals surface area contributed by atoms with E-state index in [2.05, 4.69) is 10.6 Å². The molecule has 1 aromatic carbocycles. The van der Waals surface area contributed by atoms with Crippen LogP contribution in [0.1, 0.15) is 10.4 Å². The third-order valence-corrected chi connectivity index (χ3v) is 2.38. The normalized spacial score (nSPS) is 9.76. The van der Waals surface area contributed by atoms with Crippen molar-refractivity contribution in [3.8, 4) is 0 Å². The molecule has 7 heteroatoms. The average Bonchev–Trinajstić information content (AvgIpc) is 2.26. The Hall–Kier alpha value is -1.95. The van der Waals surface area contributed by atoms with Gasteiger partial charge in [-0.15, -0.1) is 0 Å². The molecular formula is C10H13ClN4O2. The summed E-state index contributed by atoms with van der Waals surface area (Å²) in [4.78, 5) is 22.3. The van der Waals surface area contributed by atoms with E-state index in [9.17, 15) is 9.59 Å². The number of benzene rings is 1. The zero-order valence-corrected chi connectivity index (χ0v) is 9.97. The van der Waals surface area contributed by atoms with Gasteiger partial charge < -0.3 is 22.1 Å². The molecule has 0 aromatic heterocycles. The molecule has 0 atom stereocenters. The minimum Gasteiger partial charge on any atom is -0.399 e. The van der Waals surface area contributed by atoms with Gasteiger partial charge in [0, 0.05) is 12.7 Å². The van der Waals surface area contributed by atoms with Crippen LogP contribution in [-0.4, -0.2) is 25.4 Å². The van der Waals surface area contributed by atoms with Crippen molar-refractivity contribution < 1.29 is 9.59 Å². The first-order valence-corrected chi connectivity index (χ1v) is 5.16. The topological polar surface area (TPSA) is 110 Å². The maximum atomic E-state index is 11.2. The molecule has 0 spiro atoms. The second kappa shape index (κ2) is 5.40. The standard InChI is InChI=1S/C10H13ClN4O2/c1-14-8(16)4-15-9-6(10(13)17)2-5(12)3-7(9)11/h2-3,15H,4,12H2,1H3,(H2,13,17)(H,14,16). The summed E-state index contributed by atoms with van der Waals surface area (Å²) in [5.41, 5.74) is 11.5. The van der Waals surface area contributed by atoms with Gasteiger partial charge in [0.2, 0.25) is 5.91 Å². The monoisotopic (exact) mass is 256 g/mol. The maximum Gasteiger partial charge on any atom is 0.250 e. The number of nitrogens with one attached hydrogen (secondary N) is 2. The van der Waals surface area contributed by atoms with Crippen molar-refractivity contribution in [2.24, 2.45) is 5.73 Å². The number of amides is 2. The molecule has 17 heavy (non-hydrogen) atoms. The maximum absolute atomic E-state index is 11.2. The third kappa shape index (κ3) is 3.25. The van der Waals surface area contributed by atoms with Crippen LogP contribution in [0, 0.1) is 0 Å². The highest BCUT2D eigenvalue weighted by Crippen LogP contribution is 2.28. The van der Waals surface area contributed by atoms with Crippen molar-refractivity contribution in [2.45, 2.75) is 0 Å². The summed E-state index contributed by atoms with van der Waals surface area (Å²) in [6, 6.07) is 2.88. The van der Waals surface area contributed by atoms with Crippen molar-refractivity contribution in [3.63, 3.8) is 0 Å². The van der Waals surface area contributed by atoms with Crippen LogP contribution in [0.5, 0.6) is 0 Å². The van der Waals surface area contributed by atoms with Gasteiger partial charge in [-0.1, -0.05) is 11.6 Å². The van der Waals surface area contributed by atoms with Crippen LogP contribution in [0.15, 0.2) is 12.1 Å². The molecule has 0 saturated heterocycles. The van der Waals surface area contributed by atoms with Crippen molar-refractivity contribution in [3.05, 3.63) is 22.7 Å². The van der Waals surface area contributed by atoms with Gasteiger partial charge >= 0.3 is 0 Å². The van der Waals surface area contributed by atoms with Gasteiger partial charge in [-0.05, 0) is 12.1 Å². The van der Waals surface area contributed by atoms with E-state index in [4.69, 9.17) is 23.1 Å². The Bertz CT molecular complexity index is 462. The number of nitrogens with two attached hydrogens (primary N) is 2. The van der Waals surface area contributed by atoms with Crippen molar-refractivity contribution in [2.75, 3.05) is 24.6 Å². The quantitative estimate of drug-likeness (QED) is 0.576. The summed E-state index contributed by atoms with van der Waals surface area (Å²) >= 11 is 5.92. The molecule has 0 unspecified atom stereocenters. The van der Waals surface area contributed by atoms with E-state index in [0.717, 1.165) is 0 Å². The Morgan fingerprint density at radius 3 is 2.59 bits per heavy atom. The molecule has 0 aliphatic rings. The lowest BCUT2D eigenvalue weighted by molar-refractivity contribution is -0.118. The summed E-state index contributed by atoms with van der Waals surface area (Å²) in [6.45, 7) is -0.0135. The van der Waals surface area contributed by atoms with Gasteiger partial charge in [0.1, 0.15) is 0 Å². The number of carbonyl (C=O) groups excluding carboxylic acids is 2. The summed E-state index contributed by atoms with van der Waals surface area (Å²) < 4.78 is 0. The fourth-order valence-corrected chi connectivity index (χ4v) is 1.55. The molecule has 1 aromatic rings. The van der Waals surface area contributed by atoms with Crippen LogP contribution in [0.25, 0.3) is 0 Å². The Balaban J connectivity index is 3.04. The number of carbonyl (C=O) groups is 2. The first-order valence-electron chi connectivity index (χ1n) is 4.79. The molecule has 0 aliphatic carbocycles. The van der Waals surface area contributed by atoms with Crippen LogP contribution in [0.2, 0.25) is 5.02 Å². The van der Waals surface area contributed by atoms with Gasteiger partial charge in [-0.3, -0.25) is 9.59 Å². The van der Waals surface area contributed by atoms with E-state index in [-0.39, 0.29) is 23.0 Å². The number of nitrogen functional groups attached to an aromatic ring is 1. The van der Waals surface area contributed by atoms with E-state index in [0.29, 0.717) is 11.4 Å². The summed E-state index contributed by atoms with van der Waals surface area (Å²) in [5.74, 6) is -0.910. The summed E-state index contributed by atoms with van der Waals surface area (Å²) in [5, 5.41) is 5.41. The Morgan fingerprint density at radius 1 is 1.41 bits per heavy atom. The number of likely N-dealkylation sites (N-methyl/N-ethyl adjacent to an activating group) is 1. The minimum atomic E-state index is -0.668. The molecule has 2 amide bonds. The van der Waals surface area contributed by atoms with Crippen molar-refractivity contribution in [1.82, 2.24) is 5.32 Å². The van der Waals surface area contributed by atoms with Crippen LogP contribution in [-0.2, 0) is 4.79 Å². The van der Waals surface area contributed by atoms with Crippen molar-refractivity contribution in [1.29, 1.82) is 0 Å². The number of anilines is 2. The fraction of sp³-hybridized carbons (Fsp3) is 0.200. The molecule has 0 aliphatic heterocycles. The SMILES string of the molecule is CNC(=O)CNc1c(Cl)cc(N)cc1C(N)=O. The van der Waals surface area contributed by atoms with Crippen LogP contribution >= 0.6 is 11.6 Å². The molecule has 6 nitrogen and oxygen atoms in total. The van der Waals surface area contributed by atoms with E-state index in [1.54, 1.807) is 0 Å². The zero-order chi connectivity index (χ0) is 13.0. The Labute approximate surface area is 103 Å². The lowest BCUT2D eigenvalue weighted by Crippen LogP contribution is -2.27. The molecule has 6 N–H and O–H groups in total. The lowest BCUT2D eigenvalue weighted by Gasteiger charge is -2.12. The van der Waals surface area contributed by atoms with Gasteiger partial charge in [0.05, 0.1) is 22.8 Å². The first kappa shape index (κ1) is 13.1. The number of halogens is 1. The second-order valence-corrected chi connectivity index (χ2v) is 3.72. The van der Waals surface area contributed by atoms with Crippen LogP contribution in [0.3, 0.4) is 0 Å². The average molecular weight is 257 g/mol. The fourth-order valence-electron chi connectivity index (χ4n) is 1.26. The van der Waals surface area contributed by atoms with E-state index in [1.807, 2.05) is 0 Å². The summed E-state index contributed by atoms with van der Waals surface area (Å²) in [7, 11) is 1.50. The Morgan fingerprint density at radius 2 is 2.06 bits per heavy atom. The van der Waals surface area contributed by atoms with Crippen LogP contribution < -0.4 is 22.1 Å². The zero-order valence-electron chi connectivity index (χ0n) is 9.21. The predicted molar refractivity (Wildman–Crippen MR) is 66.9 cm³/mol. The lowest BCUT2D eigenvalue weighted by atomic mass is 10.1. The highest BCUT2D eigenvalue weighted by atomic mass is 35.5. The molecule has 0 radical (unpaired) electrons. The predicted octanol–water partition coefficient (Wildman–Crippen LogP) is 0.179. The Kier molecular flexibility index (Phi) is 4.17. The van der Waals surface area contributed by atoms with Gasteiger partial charge in [-0.25, -0.2) is 0 Å². The van der Waals surface area contributed by atoms with Gasteiger partial charge in [0.25, 0.3) is 5.91 Å². The molecule has 92 valence electrons. The number of primary amides is 1. The van der Waals surface area contributed by atoms with Gasteiger partial charge in [0.15, 0.2) is 0 Å². The van der Waals surface area contributed by atoms with Gasteiger partial charge in [-0.2, -0.15) is 0 Å². The molecule has 0 bridgehead atoms. The summed E-state index contributed by atoms with van der Waals surface area (Å²) in [6.07, 6.45) is 0.